The number of hydrogen-bond acceptors (Lipinski definition) is 3. The van der Waals surface area contributed by atoms with Crippen LogP contribution in [-0.4, -0.2) is 16.6 Å². The molecular weight excluding hydrogens is 242 g/mol. The Hall–Kier alpha value is -1.65. The van der Waals surface area contributed by atoms with Crippen molar-refractivity contribution in [2.24, 2.45) is 7.05 Å². The van der Waals surface area contributed by atoms with Gasteiger partial charge in [0.2, 0.25) is 0 Å². The predicted octanol–water partition coefficient (Wildman–Crippen LogP) is 3.02. The molecule has 0 atom stereocenters. The van der Waals surface area contributed by atoms with E-state index in [1.54, 1.807) is 11.3 Å². The van der Waals surface area contributed by atoms with Gasteiger partial charge < -0.3 is 9.88 Å². The molecule has 1 N–H and O–H groups in total. The summed E-state index contributed by atoms with van der Waals surface area (Å²) in [5.41, 5.74) is 2.53. The molecule has 0 fully saturated rings. The molecule has 3 aromatic rings. The van der Waals surface area contributed by atoms with Gasteiger partial charge in [-0.05, 0) is 13.1 Å². The zero-order valence-electron chi connectivity index (χ0n) is 10.5. The van der Waals surface area contributed by atoms with E-state index in [1.165, 1.54) is 21.3 Å². The minimum absolute atomic E-state index is 0.829. The van der Waals surface area contributed by atoms with Crippen LogP contribution in [0.3, 0.4) is 0 Å². The van der Waals surface area contributed by atoms with E-state index in [0.29, 0.717) is 0 Å². The molecular formula is C14H15N3S. The summed E-state index contributed by atoms with van der Waals surface area (Å²) in [5, 5.41) is 5.55. The molecule has 0 amide bonds. The minimum atomic E-state index is 0.829. The molecule has 0 aliphatic carbocycles. The third kappa shape index (κ3) is 1.83. The number of para-hydroxylation sites is 1. The smallest absolute Gasteiger partial charge is 0.107 e. The van der Waals surface area contributed by atoms with Crippen LogP contribution in [0, 0.1) is 0 Å². The standard InChI is InChI=1S/C14H15N3S/c1-15-8-14-16-7-13(18-14)11-9-17(2)12-6-4-3-5-10(11)12/h3-7,9,15H,8H2,1-2H3. The third-order valence-electron chi connectivity index (χ3n) is 3.04. The molecule has 0 saturated heterocycles. The van der Waals surface area contributed by atoms with Crippen molar-refractivity contribution in [2.75, 3.05) is 7.05 Å². The highest BCUT2D eigenvalue weighted by Gasteiger charge is 2.10. The van der Waals surface area contributed by atoms with Crippen LogP contribution in [0.1, 0.15) is 5.01 Å². The average Bonchev–Trinajstić information content (AvgIpc) is 2.96. The fraction of sp³-hybridized carbons (Fsp3) is 0.214. The van der Waals surface area contributed by atoms with Crippen LogP contribution in [0.25, 0.3) is 21.3 Å². The summed E-state index contributed by atoms with van der Waals surface area (Å²) in [6, 6.07) is 8.48. The summed E-state index contributed by atoms with van der Waals surface area (Å²) >= 11 is 1.75. The molecule has 0 aliphatic rings. The number of benzene rings is 1. The van der Waals surface area contributed by atoms with Crippen LogP contribution in [-0.2, 0) is 13.6 Å². The van der Waals surface area contributed by atoms with E-state index in [1.807, 2.05) is 13.2 Å². The van der Waals surface area contributed by atoms with E-state index >= 15 is 0 Å². The quantitative estimate of drug-likeness (QED) is 0.781. The number of rotatable bonds is 3. The first-order valence-corrected chi connectivity index (χ1v) is 6.75. The Balaban J connectivity index is 2.13. The van der Waals surface area contributed by atoms with Crippen LogP contribution in [0.4, 0.5) is 0 Å². The Labute approximate surface area is 110 Å². The predicted molar refractivity (Wildman–Crippen MR) is 76.8 cm³/mol. The van der Waals surface area contributed by atoms with Gasteiger partial charge in [-0.15, -0.1) is 11.3 Å². The van der Waals surface area contributed by atoms with Crippen molar-refractivity contribution in [3.63, 3.8) is 0 Å². The summed E-state index contributed by atoms with van der Waals surface area (Å²) in [7, 11) is 4.03. The molecule has 0 aliphatic heterocycles. The van der Waals surface area contributed by atoms with E-state index < -0.39 is 0 Å². The number of nitrogens with one attached hydrogen (secondary N) is 1. The van der Waals surface area contributed by atoms with Gasteiger partial charge in [-0.3, -0.25) is 0 Å². The molecule has 0 spiro atoms. The minimum Gasteiger partial charge on any atom is -0.350 e. The Morgan fingerprint density at radius 2 is 2.17 bits per heavy atom. The molecule has 0 bridgehead atoms. The van der Waals surface area contributed by atoms with E-state index in [-0.39, 0.29) is 0 Å². The third-order valence-corrected chi connectivity index (χ3v) is 4.07. The van der Waals surface area contributed by atoms with Gasteiger partial charge in [0.15, 0.2) is 0 Å². The van der Waals surface area contributed by atoms with Crippen molar-refractivity contribution in [3.8, 4) is 10.4 Å². The average molecular weight is 257 g/mol. The molecule has 3 nitrogen and oxygen atoms in total. The Morgan fingerprint density at radius 3 is 3.00 bits per heavy atom. The number of thiazole rings is 1. The summed E-state index contributed by atoms with van der Waals surface area (Å²) < 4.78 is 2.17. The zero-order chi connectivity index (χ0) is 12.5. The summed E-state index contributed by atoms with van der Waals surface area (Å²) in [4.78, 5) is 5.68. The molecule has 3 rings (SSSR count). The number of fused-ring (bicyclic) bond motifs is 1. The van der Waals surface area contributed by atoms with Gasteiger partial charge in [0.05, 0.1) is 4.88 Å². The SMILES string of the molecule is CNCc1ncc(-c2cn(C)c3ccccc23)s1. The fourth-order valence-electron chi connectivity index (χ4n) is 2.21. The van der Waals surface area contributed by atoms with Crippen LogP contribution in [0.5, 0.6) is 0 Å². The first-order chi connectivity index (χ1) is 8.79. The normalized spacial score (nSPS) is 11.2. The van der Waals surface area contributed by atoms with Crippen LogP contribution in [0.2, 0.25) is 0 Å². The van der Waals surface area contributed by atoms with Gasteiger partial charge in [-0.1, -0.05) is 18.2 Å². The lowest BCUT2D eigenvalue weighted by Crippen LogP contribution is -2.03. The molecule has 2 heterocycles. The number of aryl methyl sites for hydroxylation is 1. The van der Waals surface area contributed by atoms with Crippen LogP contribution >= 0.6 is 11.3 Å². The van der Waals surface area contributed by atoms with E-state index in [4.69, 9.17) is 0 Å². The van der Waals surface area contributed by atoms with E-state index in [2.05, 4.69) is 52.4 Å². The van der Waals surface area contributed by atoms with E-state index in [0.717, 1.165) is 11.6 Å². The topological polar surface area (TPSA) is 29.9 Å². The summed E-state index contributed by atoms with van der Waals surface area (Å²) in [6.45, 7) is 0.829. The van der Waals surface area contributed by atoms with Gasteiger partial charge >= 0.3 is 0 Å². The molecule has 18 heavy (non-hydrogen) atoms. The molecule has 0 unspecified atom stereocenters. The molecule has 0 saturated carbocycles. The molecule has 92 valence electrons. The molecule has 0 radical (unpaired) electrons. The zero-order valence-corrected chi connectivity index (χ0v) is 11.3. The monoisotopic (exact) mass is 257 g/mol. The first kappa shape index (κ1) is 11.4. The maximum absolute atomic E-state index is 4.45. The highest BCUT2D eigenvalue weighted by atomic mass is 32.1. The lowest BCUT2D eigenvalue weighted by atomic mass is 10.1. The van der Waals surface area contributed by atoms with Gasteiger partial charge in [-0.25, -0.2) is 4.98 Å². The largest absolute Gasteiger partial charge is 0.350 e. The summed E-state index contributed by atoms with van der Waals surface area (Å²) in [6.07, 6.45) is 4.15. The Kier molecular flexibility index (Phi) is 2.89. The van der Waals surface area contributed by atoms with Crippen LogP contribution in [0.15, 0.2) is 36.7 Å². The number of nitrogens with zero attached hydrogens (tertiary/aromatic N) is 2. The maximum Gasteiger partial charge on any atom is 0.107 e. The first-order valence-electron chi connectivity index (χ1n) is 5.93. The van der Waals surface area contributed by atoms with Crippen molar-refractivity contribution < 1.29 is 0 Å². The van der Waals surface area contributed by atoms with E-state index in [9.17, 15) is 0 Å². The Bertz CT molecular complexity index is 681. The van der Waals surface area contributed by atoms with Crippen molar-refractivity contribution >= 4 is 22.2 Å². The molecule has 1 aromatic carbocycles. The maximum atomic E-state index is 4.45. The van der Waals surface area contributed by atoms with Crippen molar-refractivity contribution in [3.05, 3.63) is 41.7 Å². The van der Waals surface area contributed by atoms with Crippen molar-refractivity contribution in [2.45, 2.75) is 6.54 Å². The van der Waals surface area contributed by atoms with Crippen molar-refractivity contribution in [1.29, 1.82) is 0 Å². The Morgan fingerprint density at radius 1 is 1.33 bits per heavy atom. The molecule has 4 heteroatoms. The lowest BCUT2D eigenvalue weighted by molar-refractivity contribution is 0.810. The van der Waals surface area contributed by atoms with Crippen LogP contribution < -0.4 is 5.32 Å². The van der Waals surface area contributed by atoms with Gasteiger partial charge in [0.25, 0.3) is 0 Å². The number of aromatic nitrogens is 2. The number of hydrogen-bond donors (Lipinski definition) is 1. The fourth-order valence-corrected chi connectivity index (χ4v) is 3.16. The second-order valence-corrected chi connectivity index (χ2v) is 5.43. The highest BCUT2D eigenvalue weighted by Crippen LogP contribution is 2.33. The second-order valence-electron chi connectivity index (χ2n) is 4.32. The highest BCUT2D eigenvalue weighted by molar-refractivity contribution is 7.15. The van der Waals surface area contributed by atoms with Gasteiger partial charge in [0, 0.05) is 42.5 Å². The summed E-state index contributed by atoms with van der Waals surface area (Å²) in [5.74, 6) is 0. The van der Waals surface area contributed by atoms with Crippen molar-refractivity contribution in [1.82, 2.24) is 14.9 Å². The van der Waals surface area contributed by atoms with Gasteiger partial charge in [-0.2, -0.15) is 0 Å². The lowest BCUT2D eigenvalue weighted by Gasteiger charge is -1.94. The molecule has 2 aromatic heterocycles. The van der Waals surface area contributed by atoms with Gasteiger partial charge in [0.1, 0.15) is 5.01 Å². The second kappa shape index (κ2) is 4.55.